The smallest absolute Gasteiger partial charge is 0.272 e. The summed E-state index contributed by atoms with van der Waals surface area (Å²) in [5, 5.41) is 2.81. The molecular weight excluding hydrogens is 459 g/mol. The predicted octanol–water partition coefficient (Wildman–Crippen LogP) is 3.86. The highest BCUT2D eigenvalue weighted by atomic mass is 35.5. The van der Waals surface area contributed by atoms with Gasteiger partial charge in [-0.05, 0) is 61.6 Å². The fourth-order valence-corrected chi connectivity index (χ4v) is 3.70. The van der Waals surface area contributed by atoms with E-state index in [1.165, 1.54) is 17.1 Å². The highest BCUT2D eigenvalue weighted by Gasteiger charge is 2.29. The van der Waals surface area contributed by atoms with Crippen molar-refractivity contribution in [1.82, 2.24) is 10.0 Å². The van der Waals surface area contributed by atoms with Crippen LogP contribution < -0.4 is 10.5 Å². The van der Waals surface area contributed by atoms with Crippen LogP contribution in [0.1, 0.15) is 41.6 Å². The van der Waals surface area contributed by atoms with Crippen molar-refractivity contribution in [2.24, 2.45) is 5.73 Å². The zero-order valence-electron chi connectivity index (χ0n) is 18.2. The molecule has 0 aromatic heterocycles. The summed E-state index contributed by atoms with van der Waals surface area (Å²) in [5.74, 6) is -3.47. The molecule has 33 heavy (non-hydrogen) atoms. The van der Waals surface area contributed by atoms with Crippen molar-refractivity contribution in [2.75, 3.05) is 20.2 Å². The molecule has 0 aliphatic carbocycles. The molecule has 2 aromatic carbocycles. The second-order valence-electron chi connectivity index (χ2n) is 7.76. The summed E-state index contributed by atoms with van der Waals surface area (Å²) >= 11 is 0. The number of carbonyl (C=O) groups excluding carboxylic acids is 2. The number of ether oxygens (including phenoxy) is 1. The van der Waals surface area contributed by atoms with E-state index in [1.54, 1.807) is 24.3 Å². The molecule has 0 saturated carbocycles. The lowest BCUT2D eigenvalue weighted by atomic mass is 10.0. The minimum absolute atomic E-state index is 0. The number of methoxy groups -OCH3 is 1. The molecule has 180 valence electrons. The number of amides is 2. The van der Waals surface area contributed by atoms with Gasteiger partial charge in [0.2, 0.25) is 5.91 Å². The van der Waals surface area contributed by atoms with Gasteiger partial charge in [0, 0.05) is 37.2 Å². The van der Waals surface area contributed by atoms with Crippen LogP contribution >= 0.6 is 12.4 Å². The Morgan fingerprint density at radius 1 is 0.970 bits per heavy atom. The van der Waals surface area contributed by atoms with E-state index in [4.69, 9.17) is 10.5 Å². The van der Waals surface area contributed by atoms with Crippen molar-refractivity contribution in [3.8, 4) is 5.75 Å². The topological polar surface area (TPSA) is 75.9 Å². The quantitative estimate of drug-likeness (QED) is 0.630. The third kappa shape index (κ3) is 6.61. The summed E-state index contributed by atoms with van der Waals surface area (Å²) in [6.07, 6.45) is 2.02. The van der Waals surface area contributed by atoms with Gasteiger partial charge in [-0.25, -0.2) is 18.2 Å². The van der Waals surface area contributed by atoms with E-state index in [1.807, 2.05) is 0 Å². The number of hydrogen-bond acceptors (Lipinski definition) is 4. The molecule has 1 atom stereocenters. The minimum atomic E-state index is -1.28. The van der Waals surface area contributed by atoms with Crippen molar-refractivity contribution in [3.63, 3.8) is 0 Å². The Balaban J connectivity index is 0.00000385. The minimum Gasteiger partial charge on any atom is -0.497 e. The van der Waals surface area contributed by atoms with Gasteiger partial charge in [0.05, 0.1) is 7.11 Å². The van der Waals surface area contributed by atoms with E-state index in [9.17, 15) is 22.8 Å². The Morgan fingerprint density at radius 3 is 2.21 bits per heavy atom. The number of nitrogens with zero attached hydrogens (tertiary/aromatic N) is 2. The van der Waals surface area contributed by atoms with Crippen molar-refractivity contribution in [1.29, 1.82) is 0 Å². The molecule has 6 nitrogen and oxygen atoms in total. The van der Waals surface area contributed by atoms with Crippen LogP contribution in [0, 0.1) is 17.5 Å². The molecule has 0 radical (unpaired) electrons. The van der Waals surface area contributed by atoms with E-state index < -0.39 is 23.5 Å². The van der Waals surface area contributed by atoms with Crippen molar-refractivity contribution < 1.29 is 27.5 Å². The van der Waals surface area contributed by atoms with Crippen molar-refractivity contribution in [3.05, 3.63) is 65.0 Å². The van der Waals surface area contributed by atoms with E-state index >= 15 is 0 Å². The molecule has 0 spiro atoms. The second kappa shape index (κ2) is 11.9. The largest absolute Gasteiger partial charge is 0.497 e. The first-order valence-corrected chi connectivity index (χ1v) is 10.5. The number of hydrazine groups is 1. The average molecular weight is 486 g/mol. The van der Waals surface area contributed by atoms with Gasteiger partial charge in [-0.1, -0.05) is 0 Å². The van der Waals surface area contributed by atoms with Crippen LogP contribution in [0.5, 0.6) is 5.75 Å². The maximum Gasteiger partial charge on any atom is 0.272 e. The molecule has 2 N–H and O–H groups in total. The average Bonchev–Trinajstić information content (AvgIpc) is 3.03. The molecule has 1 heterocycles. The van der Waals surface area contributed by atoms with E-state index in [0.29, 0.717) is 30.5 Å². The molecule has 2 amide bonds. The first-order valence-electron chi connectivity index (χ1n) is 10.5. The Labute approximate surface area is 196 Å². The second-order valence-corrected chi connectivity index (χ2v) is 7.76. The standard InChI is InChI=1S/C23H26F3N3O3.ClH/c1-32-18-7-5-15(6-8-18)23(31)29-10-4-2-3-9-28(29)22(30)13-17(27)11-16-12-20(25)21(26)14-19(16)24;/h5-8,12,14,17H,2-4,9-11,13,27H2,1H3;1H/t17-;/m1./s1. The normalized spacial score (nSPS) is 14.8. The highest BCUT2D eigenvalue weighted by Crippen LogP contribution is 2.20. The van der Waals surface area contributed by atoms with Gasteiger partial charge in [0.25, 0.3) is 5.91 Å². The van der Waals surface area contributed by atoms with Gasteiger partial charge in [-0.15, -0.1) is 12.4 Å². The lowest BCUT2D eigenvalue weighted by molar-refractivity contribution is -0.144. The van der Waals surface area contributed by atoms with E-state index in [2.05, 4.69) is 0 Å². The molecule has 3 rings (SSSR count). The predicted molar refractivity (Wildman–Crippen MR) is 119 cm³/mol. The van der Waals surface area contributed by atoms with Crippen LogP contribution in [0.2, 0.25) is 0 Å². The van der Waals surface area contributed by atoms with Crippen molar-refractivity contribution >= 4 is 24.2 Å². The Hall–Kier alpha value is -2.78. The van der Waals surface area contributed by atoms with E-state index in [0.717, 1.165) is 25.3 Å². The van der Waals surface area contributed by atoms with Gasteiger partial charge in [-0.3, -0.25) is 14.6 Å². The summed E-state index contributed by atoms with van der Waals surface area (Å²) in [4.78, 5) is 26.1. The summed E-state index contributed by atoms with van der Waals surface area (Å²) < 4.78 is 45.6. The molecule has 1 fully saturated rings. The SMILES string of the molecule is COc1ccc(C(=O)N2CCCCCN2C(=O)C[C@H](N)Cc2cc(F)c(F)cc2F)cc1.Cl. The number of rotatable bonds is 6. The fourth-order valence-electron chi connectivity index (χ4n) is 3.70. The van der Waals surface area contributed by atoms with Crippen LogP contribution in [0.4, 0.5) is 13.2 Å². The van der Waals surface area contributed by atoms with Crippen molar-refractivity contribution in [2.45, 2.75) is 38.1 Å². The lowest BCUT2D eigenvalue weighted by Gasteiger charge is -2.34. The Bertz CT molecular complexity index is 975. The zero-order chi connectivity index (χ0) is 23.3. The monoisotopic (exact) mass is 485 g/mol. The van der Waals surface area contributed by atoms with Crippen LogP contribution in [-0.2, 0) is 11.2 Å². The van der Waals surface area contributed by atoms with E-state index in [-0.39, 0.29) is 42.6 Å². The maximum atomic E-state index is 13.9. The molecular formula is C23H27ClF3N3O3. The maximum absolute atomic E-state index is 13.9. The van der Waals surface area contributed by atoms with Gasteiger partial charge in [0.1, 0.15) is 11.6 Å². The summed E-state index contributed by atoms with van der Waals surface area (Å²) in [6.45, 7) is 0.733. The molecule has 0 unspecified atom stereocenters. The highest BCUT2D eigenvalue weighted by molar-refractivity contribution is 5.95. The van der Waals surface area contributed by atoms with Gasteiger partial charge >= 0.3 is 0 Å². The molecule has 1 aliphatic rings. The third-order valence-corrected chi connectivity index (χ3v) is 5.40. The van der Waals surface area contributed by atoms with Gasteiger partial charge < -0.3 is 10.5 Å². The molecule has 1 saturated heterocycles. The van der Waals surface area contributed by atoms with Crippen LogP contribution in [0.25, 0.3) is 0 Å². The molecule has 0 bridgehead atoms. The first kappa shape index (κ1) is 26.5. The molecule has 10 heteroatoms. The summed E-state index contributed by atoms with van der Waals surface area (Å²) in [7, 11) is 1.53. The summed E-state index contributed by atoms with van der Waals surface area (Å²) in [5.41, 5.74) is 6.34. The molecule has 2 aromatic rings. The zero-order valence-corrected chi connectivity index (χ0v) is 19.0. The third-order valence-electron chi connectivity index (χ3n) is 5.40. The Morgan fingerprint density at radius 2 is 1.58 bits per heavy atom. The fraction of sp³-hybridized carbons (Fsp3) is 0.391. The number of hydrogen-bond donors (Lipinski definition) is 1. The summed E-state index contributed by atoms with van der Waals surface area (Å²) in [6, 6.07) is 6.98. The number of nitrogens with two attached hydrogens (primary N) is 1. The van der Waals surface area contributed by atoms with Crippen LogP contribution in [0.15, 0.2) is 36.4 Å². The lowest BCUT2D eigenvalue weighted by Crippen LogP contribution is -2.50. The number of benzene rings is 2. The Kier molecular flexibility index (Phi) is 9.55. The van der Waals surface area contributed by atoms with Gasteiger partial charge in [-0.2, -0.15) is 0 Å². The number of halogens is 4. The first-order chi connectivity index (χ1) is 15.3. The molecule has 1 aliphatic heterocycles. The van der Waals surface area contributed by atoms with Crippen LogP contribution in [0.3, 0.4) is 0 Å². The van der Waals surface area contributed by atoms with Gasteiger partial charge in [0.15, 0.2) is 11.6 Å². The number of carbonyl (C=O) groups is 2. The van der Waals surface area contributed by atoms with Crippen LogP contribution in [-0.4, -0.2) is 48.1 Å².